The Balaban J connectivity index is 1.73. The minimum atomic E-state index is -0.131. The van der Waals surface area contributed by atoms with Crippen LogP contribution in [0.4, 0.5) is 0 Å². The molecular formula is C26H34O3. The van der Waals surface area contributed by atoms with Crippen LogP contribution in [0.1, 0.15) is 82.0 Å². The normalized spacial score (nSPS) is 10.7. The summed E-state index contributed by atoms with van der Waals surface area (Å²) in [6, 6.07) is 15.5. The van der Waals surface area contributed by atoms with Gasteiger partial charge in [-0.05, 0) is 36.6 Å². The van der Waals surface area contributed by atoms with Gasteiger partial charge in [0.1, 0.15) is 11.5 Å². The minimum Gasteiger partial charge on any atom is -0.494 e. The van der Waals surface area contributed by atoms with E-state index in [0.717, 1.165) is 29.9 Å². The van der Waals surface area contributed by atoms with Crippen molar-refractivity contribution in [2.24, 2.45) is 0 Å². The minimum absolute atomic E-state index is 0.0375. The van der Waals surface area contributed by atoms with Crippen molar-refractivity contribution >= 4 is 11.6 Å². The summed E-state index contributed by atoms with van der Waals surface area (Å²) < 4.78 is 5.85. The number of hydrogen-bond acceptors (Lipinski definition) is 3. The van der Waals surface area contributed by atoms with Crippen LogP contribution in [0.15, 0.2) is 48.5 Å². The maximum absolute atomic E-state index is 11.9. The first-order valence-electron chi connectivity index (χ1n) is 11.0. The van der Waals surface area contributed by atoms with E-state index in [-0.39, 0.29) is 18.0 Å². The second kappa shape index (κ2) is 12.9. The summed E-state index contributed by atoms with van der Waals surface area (Å²) in [7, 11) is 0. The first kappa shape index (κ1) is 22.9. The molecule has 0 aliphatic carbocycles. The van der Waals surface area contributed by atoms with Gasteiger partial charge in [0.25, 0.3) is 0 Å². The molecule has 0 heterocycles. The van der Waals surface area contributed by atoms with Gasteiger partial charge in [-0.15, -0.1) is 0 Å². The smallest absolute Gasteiger partial charge is 0.170 e. The molecule has 29 heavy (non-hydrogen) atoms. The highest BCUT2D eigenvalue weighted by Crippen LogP contribution is 2.23. The molecule has 0 fully saturated rings. The molecule has 0 aliphatic rings. The molecule has 0 atom stereocenters. The fourth-order valence-electron chi connectivity index (χ4n) is 3.35. The SMILES string of the molecule is CCCCCCCCCCOc1ccc(-c2ccc(C(=O)CC(C)=O)cc2)cc1. The zero-order valence-corrected chi connectivity index (χ0v) is 17.9. The molecule has 3 heteroatoms. The predicted octanol–water partition coefficient (Wildman–Crippen LogP) is 7.03. The van der Waals surface area contributed by atoms with Crippen molar-refractivity contribution in [3.05, 3.63) is 54.1 Å². The van der Waals surface area contributed by atoms with Gasteiger partial charge in [0.15, 0.2) is 5.78 Å². The molecule has 156 valence electrons. The van der Waals surface area contributed by atoms with Gasteiger partial charge in [0.05, 0.1) is 13.0 Å². The molecule has 0 bridgehead atoms. The summed E-state index contributed by atoms with van der Waals surface area (Å²) in [6.45, 7) is 4.45. The zero-order chi connectivity index (χ0) is 20.9. The Morgan fingerprint density at radius 3 is 1.79 bits per heavy atom. The van der Waals surface area contributed by atoms with Crippen molar-refractivity contribution in [1.29, 1.82) is 0 Å². The number of carbonyl (C=O) groups excluding carboxylic acids is 2. The first-order valence-corrected chi connectivity index (χ1v) is 11.0. The van der Waals surface area contributed by atoms with Gasteiger partial charge >= 0.3 is 0 Å². The lowest BCUT2D eigenvalue weighted by atomic mass is 10.0. The van der Waals surface area contributed by atoms with Crippen LogP contribution in [0.2, 0.25) is 0 Å². The fraction of sp³-hybridized carbons (Fsp3) is 0.462. The highest BCUT2D eigenvalue weighted by Gasteiger charge is 2.08. The van der Waals surface area contributed by atoms with E-state index in [1.807, 2.05) is 36.4 Å². The average Bonchev–Trinajstić information content (AvgIpc) is 2.73. The highest BCUT2D eigenvalue weighted by atomic mass is 16.5. The van der Waals surface area contributed by atoms with E-state index in [1.54, 1.807) is 12.1 Å². The molecule has 2 rings (SSSR count). The Kier molecular flexibility index (Phi) is 10.2. The van der Waals surface area contributed by atoms with E-state index >= 15 is 0 Å². The van der Waals surface area contributed by atoms with Gasteiger partial charge in [-0.25, -0.2) is 0 Å². The van der Waals surface area contributed by atoms with Gasteiger partial charge in [0.2, 0.25) is 0 Å². The van der Waals surface area contributed by atoms with E-state index in [9.17, 15) is 9.59 Å². The summed E-state index contributed by atoms with van der Waals surface area (Å²) in [6.07, 6.45) is 10.3. The number of ketones is 2. The Hall–Kier alpha value is -2.42. The number of ether oxygens (including phenoxy) is 1. The third-order valence-corrected chi connectivity index (χ3v) is 5.07. The topological polar surface area (TPSA) is 43.4 Å². The van der Waals surface area contributed by atoms with Gasteiger partial charge < -0.3 is 4.74 Å². The van der Waals surface area contributed by atoms with E-state index in [2.05, 4.69) is 6.92 Å². The molecule has 2 aromatic rings. The van der Waals surface area contributed by atoms with Crippen molar-refractivity contribution in [3.63, 3.8) is 0 Å². The average molecular weight is 395 g/mol. The summed E-state index contributed by atoms with van der Waals surface area (Å²) >= 11 is 0. The molecule has 0 saturated heterocycles. The summed E-state index contributed by atoms with van der Waals surface area (Å²) in [5.74, 6) is 0.653. The number of rotatable bonds is 14. The van der Waals surface area contributed by atoms with Crippen LogP contribution < -0.4 is 4.74 Å². The van der Waals surface area contributed by atoms with E-state index in [1.165, 1.54) is 51.9 Å². The number of hydrogen-bond donors (Lipinski definition) is 0. The van der Waals surface area contributed by atoms with Crippen LogP contribution in [0.3, 0.4) is 0 Å². The van der Waals surface area contributed by atoms with Crippen LogP contribution in [0.5, 0.6) is 5.75 Å². The fourth-order valence-corrected chi connectivity index (χ4v) is 3.35. The van der Waals surface area contributed by atoms with Gasteiger partial charge in [-0.3, -0.25) is 9.59 Å². The molecule has 2 aromatic carbocycles. The monoisotopic (exact) mass is 394 g/mol. The molecule has 3 nitrogen and oxygen atoms in total. The molecule has 0 N–H and O–H groups in total. The van der Waals surface area contributed by atoms with Crippen LogP contribution in [0, 0.1) is 0 Å². The molecule has 0 spiro atoms. The van der Waals surface area contributed by atoms with E-state index in [4.69, 9.17) is 4.74 Å². The van der Waals surface area contributed by atoms with E-state index < -0.39 is 0 Å². The van der Waals surface area contributed by atoms with Crippen molar-refractivity contribution in [1.82, 2.24) is 0 Å². The first-order chi connectivity index (χ1) is 14.1. The lowest BCUT2D eigenvalue weighted by molar-refractivity contribution is -0.116. The lowest BCUT2D eigenvalue weighted by Crippen LogP contribution is -2.04. The molecule has 0 amide bonds. The number of carbonyl (C=O) groups is 2. The van der Waals surface area contributed by atoms with Crippen molar-refractivity contribution in [3.8, 4) is 16.9 Å². The largest absolute Gasteiger partial charge is 0.494 e. The van der Waals surface area contributed by atoms with Crippen LogP contribution in [-0.4, -0.2) is 18.2 Å². The second-order valence-corrected chi connectivity index (χ2v) is 7.73. The standard InChI is InChI=1S/C26H34O3/c1-3-4-5-6-7-8-9-10-19-29-25-17-15-23(16-18-25)22-11-13-24(14-12-22)26(28)20-21(2)27/h11-18H,3-10,19-20H2,1-2H3. The second-order valence-electron chi connectivity index (χ2n) is 7.73. The Morgan fingerprint density at radius 1 is 0.724 bits per heavy atom. The van der Waals surface area contributed by atoms with Crippen LogP contribution in [0.25, 0.3) is 11.1 Å². The van der Waals surface area contributed by atoms with Gasteiger partial charge in [-0.2, -0.15) is 0 Å². The third-order valence-electron chi connectivity index (χ3n) is 5.07. The predicted molar refractivity (Wildman–Crippen MR) is 120 cm³/mol. The summed E-state index contributed by atoms with van der Waals surface area (Å²) in [4.78, 5) is 23.0. The third kappa shape index (κ3) is 8.64. The zero-order valence-electron chi connectivity index (χ0n) is 17.9. The van der Waals surface area contributed by atoms with Crippen molar-refractivity contribution < 1.29 is 14.3 Å². The maximum atomic E-state index is 11.9. The number of benzene rings is 2. The van der Waals surface area contributed by atoms with Crippen molar-refractivity contribution in [2.45, 2.75) is 71.6 Å². The van der Waals surface area contributed by atoms with Gasteiger partial charge in [-0.1, -0.05) is 88.3 Å². The summed E-state index contributed by atoms with van der Waals surface area (Å²) in [5.41, 5.74) is 2.70. The summed E-state index contributed by atoms with van der Waals surface area (Å²) in [5, 5.41) is 0. The molecule has 0 aliphatic heterocycles. The molecule has 0 radical (unpaired) electrons. The Labute approximate surface area is 175 Å². The quantitative estimate of drug-likeness (QED) is 0.196. The maximum Gasteiger partial charge on any atom is 0.170 e. The Bertz CT molecular complexity index is 745. The lowest BCUT2D eigenvalue weighted by Gasteiger charge is -2.08. The van der Waals surface area contributed by atoms with Crippen molar-refractivity contribution in [2.75, 3.05) is 6.61 Å². The highest BCUT2D eigenvalue weighted by molar-refractivity contribution is 6.07. The molecule has 0 saturated carbocycles. The number of unbranched alkanes of at least 4 members (excludes halogenated alkanes) is 7. The number of Topliss-reactive ketones (excluding diaryl/α,β-unsaturated/α-hetero) is 2. The molecular weight excluding hydrogens is 360 g/mol. The van der Waals surface area contributed by atoms with E-state index in [0.29, 0.717) is 5.56 Å². The Morgan fingerprint density at radius 2 is 1.24 bits per heavy atom. The van der Waals surface area contributed by atoms with Crippen LogP contribution in [-0.2, 0) is 4.79 Å². The van der Waals surface area contributed by atoms with Crippen LogP contribution >= 0.6 is 0 Å². The molecule has 0 unspecified atom stereocenters. The molecule has 0 aromatic heterocycles. The van der Waals surface area contributed by atoms with Gasteiger partial charge in [0, 0.05) is 5.56 Å².